The van der Waals surface area contributed by atoms with E-state index in [2.05, 4.69) is 10.1 Å². The minimum absolute atomic E-state index is 0.00496. The van der Waals surface area contributed by atoms with Crippen molar-refractivity contribution in [2.45, 2.75) is 27.2 Å². The van der Waals surface area contributed by atoms with E-state index in [9.17, 15) is 14.4 Å². The number of hydrogen-bond acceptors (Lipinski definition) is 7. The third kappa shape index (κ3) is 4.62. The molecule has 28 heavy (non-hydrogen) atoms. The average molecular weight is 390 g/mol. The van der Waals surface area contributed by atoms with Gasteiger partial charge in [0, 0.05) is 18.3 Å². The molecule has 1 aliphatic heterocycles. The lowest BCUT2D eigenvalue weighted by atomic mass is 9.93. The van der Waals surface area contributed by atoms with E-state index in [1.54, 1.807) is 23.1 Å². The highest BCUT2D eigenvalue weighted by Gasteiger charge is 2.37. The first-order valence-corrected chi connectivity index (χ1v) is 8.97. The SMILES string of the molecule is CCCN1C(=O)C(C)(C)COc2cc(N/C(=C/C(=O)OC)C(=O)OC)ccc21. The van der Waals surface area contributed by atoms with Crippen molar-refractivity contribution in [3.05, 3.63) is 30.0 Å². The van der Waals surface area contributed by atoms with Crippen LogP contribution in [0.3, 0.4) is 0 Å². The standard InChI is InChI=1S/C20H26N2O6/c1-6-9-22-15-8-7-13(10-16(15)28-12-20(2,3)19(22)25)21-14(18(24)27-5)11-17(23)26-4/h7-8,10-11,21H,6,9,12H2,1-5H3/b14-11+. The van der Waals surface area contributed by atoms with Crippen LogP contribution in [0.5, 0.6) is 5.75 Å². The van der Waals surface area contributed by atoms with Crippen molar-refractivity contribution in [3.63, 3.8) is 0 Å². The van der Waals surface area contributed by atoms with Gasteiger partial charge in [-0.25, -0.2) is 9.59 Å². The number of esters is 2. The van der Waals surface area contributed by atoms with E-state index in [-0.39, 0.29) is 18.2 Å². The van der Waals surface area contributed by atoms with Crippen LogP contribution in [0, 0.1) is 5.41 Å². The van der Waals surface area contributed by atoms with Crippen LogP contribution in [0.4, 0.5) is 11.4 Å². The third-order valence-electron chi connectivity index (χ3n) is 4.26. The molecule has 8 nitrogen and oxygen atoms in total. The van der Waals surface area contributed by atoms with Crippen molar-refractivity contribution in [2.75, 3.05) is 37.6 Å². The number of ether oxygens (including phenoxy) is 3. The molecule has 0 fully saturated rings. The highest BCUT2D eigenvalue weighted by molar-refractivity contribution is 6.00. The Bertz CT molecular complexity index is 800. The lowest BCUT2D eigenvalue weighted by molar-refractivity contribution is -0.138. The molecule has 8 heteroatoms. The molecule has 2 rings (SSSR count). The number of methoxy groups -OCH3 is 2. The van der Waals surface area contributed by atoms with E-state index < -0.39 is 17.4 Å². The van der Waals surface area contributed by atoms with Crippen LogP contribution in [0.1, 0.15) is 27.2 Å². The molecule has 0 unspecified atom stereocenters. The highest BCUT2D eigenvalue weighted by atomic mass is 16.5. The zero-order valence-electron chi connectivity index (χ0n) is 16.8. The number of anilines is 2. The van der Waals surface area contributed by atoms with Gasteiger partial charge in [0.05, 0.1) is 31.4 Å². The predicted molar refractivity (Wildman–Crippen MR) is 104 cm³/mol. The topological polar surface area (TPSA) is 94.2 Å². The molecule has 0 spiro atoms. The van der Waals surface area contributed by atoms with Gasteiger partial charge in [-0.3, -0.25) is 4.79 Å². The maximum atomic E-state index is 12.9. The minimum atomic E-state index is -0.717. The maximum absolute atomic E-state index is 12.9. The fraction of sp³-hybridized carbons (Fsp3) is 0.450. The van der Waals surface area contributed by atoms with E-state index >= 15 is 0 Å². The number of nitrogens with zero attached hydrogens (tertiary/aromatic N) is 1. The second kappa shape index (κ2) is 8.77. The van der Waals surface area contributed by atoms with Gasteiger partial charge in [0.15, 0.2) is 0 Å². The zero-order chi connectivity index (χ0) is 20.9. The average Bonchev–Trinajstić information content (AvgIpc) is 2.77. The van der Waals surface area contributed by atoms with Crippen LogP contribution < -0.4 is 15.0 Å². The van der Waals surface area contributed by atoms with Crippen LogP contribution in [0.15, 0.2) is 30.0 Å². The third-order valence-corrected chi connectivity index (χ3v) is 4.26. The van der Waals surface area contributed by atoms with Crippen LogP contribution in [0.2, 0.25) is 0 Å². The number of rotatable bonds is 6. The van der Waals surface area contributed by atoms with Crippen LogP contribution >= 0.6 is 0 Å². The Kier molecular flexibility index (Phi) is 6.66. The molecule has 1 heterocycles. The zero-order valence-corrected chi connectivity index (χ0v) is 16.8. The van der Waals surface area contributed by atoms with E-state index in [0.29, 0.717) is 23.7 Å². The monoisotopic (exact) mass is 390 g/mol. The summed E-state index contributed by atoms with van der Waals surface area (Å²) in [5, 5.41) is 2.85. The van der Waals surface area contributed by atoms with Crippen molar-refractivity contribution in [1.29, 1.82) is 0 Å². The molecular weight excluding hydrogens is 364 g/mol. The molecule has 0 bridgehead atoms. The van der Waals surface area contributed by atoms with Crippen molar-refractivity contribution >= 4 is 29.2 Å². The summed E-state index contributed by atoms with van der Waals surface area (Å²) in [5.74, 6) is -0.903. The molecule has 1 aliphatic rings. The Labute approximate surface area is 164 Å². The molecule has 0 saturated heterocycles. The Balaban J connectivity index is 2.40. The fourth-order valence-corrected chi connectivity index (χ4v) is 2.76. The van der Waals surface area contributed by atoms with E-state index in [0.717, 1.165) is 12.5 Å². The van der Waals surface area contributed by atoms with Crippen molar-refractivity contribution in [2.24, 2.45) is 5.41 Å². The van der Waals surface area contributed by atoms with E-state index in [1.165, 1.54) is 14.2 Å². The highest BCUT2D eigenvalue weighted by Crippen LogP contribution is 2.38. The lowest BCUT2D eigenvalue weighted by Gasteiger charge is -2.27. The number of hydrogen-bond donors (Lipinski definition) is 1. The van der Waals surface area contributed by atoms with Gasteiger partial charge in [0.2, 0.25) is 5.91 Å². The fourth-order valence-electron chi connectivity index (χ4n) is 2.76. The number of benzene rings is 1. The predicted octanol–water partition coefficient (Wildman–Crippen LogP) is 2.49. The quantitative estimate of drug-likeness (QED) is 0.589. The van der Waals surface area contributed by atoms with Crippen molar-refractivity contribution in [3.8, 4) is 5.75 Å². The Morgan fingerprint density at radius 3 is 2.61 bits per heavy atom. The summed E-state index contributed by atoms with van der Waals surface area (Å²) in [7, 11) is 2.43. The molecule has 152 valence electrons. The van der Waals surface area contributed by atoms with Gasteiger partial charge in [-0.05, 0) is 32.4 Å². The van der Waals surface area contributed by atoms with Crippen molar-refractivity contribution in [1.82, 2.24) is 0 Å². The second-order valence-electron chi connectivity index (χ2n) is 7.01. The molecule has 0 aromatic heterocycles. The van der Waals surface area contributed by atoms with Gasteiger partial charge >= 0.3 is 11.9 Å². The lowest BCUT2D eigenvalue weighted by Crippen LogP contribution is -2.42. The summed E-state index contributed by atoms with van der Waals surface area (Å²) in [6.07, 6.45) is 1.81. The smallest absolute Gasteiger partial charge is 0.354 e. The molecule has 1 N–H and O–H groups in total. The van der Waals surface area contributed by atoms with Gasteiger partial charge in [0.1, 0.15) is 18.1 Å². The van der Waals surface area contributed by atoms with E-state index in [4.69, 9.17) is 9.47 Å². The normalized spacial score (nSPS) is 15.8. The van der Waals surface area contributed by atoms with Crippen LogP contribution in [0.25, 0.3) is 0 Å². The van der Waals surface area contributed by atoms with Crippen molar-refractivity contribution < 1.29 is 28.6 Å². The van der Waals surface area contributed by atoms with Gasteiger partial charge in [-0.1, -0.05) is 6.92 Å². The summed E-state index contributed by atoms with van der Waals surface area (Å²) >= 11 is 0. The molecular formula is C20H26N2O6. The number of carbonyl (C=O) groups excluding carboxylic acids is 3. The van der Waals surface area contributed by atoms with Gasteiger partial charge in [-0.15, -0.1) is 0 Å². The first kappa shape index (κ1) is 21.3. The summed E-state index contributed by atoms with van der Waals surface area (Å²) in [4.78, 5) is 38.0. The number of fused-ring (bicyclic) bond motifs is 1. The number of carbonyl (C=O) groups is 3. The molecule has 1 aromatic carbocycles. The molecule has 0 aliphatic carbocycles. The minimum Gasteiger partial charge on any atom is -0.490 e. The summed E-state index contributed by atoms with van der Waals surface area (Å²) in [6, 6.07) is 5.13. The molecule has 0 saturated carbocycles. The number of amides is 1. The van der Waals surface area contributed by atoms with Gasteiger partial charge in [0.25, 0.3) is 0 Å². The van der Waals surface area contributed by atoms with Gasteiger partial charge in [-0.2, -0.15) is 0 Å². The first-order valence-electron chi connectivity index (χ1n) is 8.97. The summed E-state index contributed by atoms with van der Waals surface area (Å²) < 4.78 is 15.1. The van der Waals surface area contributed by atoms with E-state index in [1.807, 2.05) is 20.8 Å². The molecule has 0 radical (unpaired) electrons. The summed E-state index contributed by atoms with van der Waals surface area (Å²) in [5.41, 5.74) is 0.427. The van der Waals surface area contributed by atoms with Crippen LogP contribution in [-0.2, 0) is 23.9 Å². The summed E-state index contributed by atoms with van der Waals surface area (Å²) in [6.45, 7) is 6.49. The maximum Gasteiger partial charge on any atom is 0.354 e. The second-order valence-corrected chi connectivity index (χ2v) is 7.01. The molecule has 0 atom stereocenters. The Morgan fingerprint density at radius 2 is 2.00 bits per heavy atom. The largest absolute Gasteiger partial charge is 0.490 e. The van der Waals surface area contributed by atoms with Gasteiger partial charge < -0.3 is 24.4 Å². The van der Waals surface area contributed by atoms with Crippen LogP contribution in [-0.4, -0.2) is 45.2 Å². The first-order chi connectivity index (χ1) is 13.2. The Morgan fingerprint density at radius 1 is 1.29 bits per heavy atom. The molecule has 1 amide bonds. The molecule has 1 aromatic rings. The number of nitrogens with one attached hydrogen (secondary N) is 1. The Hall–Kier alpha value is -3.03.